The van der Waals surface area contributed by atoms with Gasteiger partial charge in [0.25, 0.3) is 5.91 Å². The monoisotopic (exact) mass is 267 g/mol. The van der Waals surface area contributed by atoms with Crippen LogP contribution in [0.3, 0.4) is 0 Å². The zero-order valence-corrected chi connectivity index (χ0v) is 11.0. The Labute approximate surface area is 115 Å². The van der Waals surface area contributed by atoms with Crippen molar-refractivity contribution in [1.82, 2.24) is 15.0 Å². The number of rotatable bonds is 3. The van der Waals surface area contributed by atoms with Crippen molar-refractivity contribution in [3.05, 3.63) is 54.1 Å². The van der Waals surface area contributed by atoms with Crippen molar-refractivity contribution in [2.45, 2.75) is 6.42 Å². The zero-order valence-electron chi connectivity index (χ0n) is 11.0. The summed E-state index contributed by atoms with van der Waals surface area (Å²) in [6.07, 6.45) is 0.275. The topological polar surface area (TPSA) is 57.0 Å². The van der Waals surface area contributed by atoms with Gasteiger partial charge in [-0.3, -0.25) is 4.79 Å². The van der Waals surface area contributed by atoms with Crippen LogP contribution in [0.2, 0.25) is 0 Å². The summed E-state index contributed by atoms with van der Waals surface area (Å²) in [6, 6.07) is 14.8. The van der Waals surface area contributed by atoms with Crippen LogP contribution in [0.4, 0.5) is 0 Å². The standard InChI is InChI=1S/C15H13N3O2/c1-20-12-8-6-11(7-9-12)10-15(19)18-14-5-3-2-4-13(14)16-17-18/h2-9H,10H2,1H3. The second-order valence-corrected chi connectivity index (χ2v) is 4.41. The lowest BCUT2D eigenvalue weighted by Crippen LogP contribution is -2.15. The molecule has 1 aromatic heterocycles. The average molecular weight is 267 g/mol. The minimum Gasteiger partial charge on any atom is -0.497 e. The molecule has 0 amide bonds. The van der Waals surface area contributed by atoms with Gasteiger partial charge in [0, 0.05) is 0 Å². The van der Waals surface area contributed by atoms with E-state index in [-0.39, 0.29) is 12.3 Å². The number of fused-ring (bicyclic) bond motifs is 1. The quantitative estimate of drug-likeness (QED) is 0.730. The second kappa shape index (κ2) is 5.13. The van der Waals surface area contributed by atoms with E-state index in [0.717, 1.165) is 22.3 Å². The Kier molecular flexibility index (Phi) is 3.16. The van der Waals surface area contributed by atoms with Crippen molar-refractivity contribution in [1.29, 1.82) is 0 Å². The summed E-state index contributed by atoms with van der Waals surface area (Å²) in [6.45, 7) is 0. The maximum absolute atomic E-state index is 12.3. The molecule has 0 spiro atoms. The van der Waals surface area contributed by atoms with E-state index in [0.29, 0.717) is 0 Å². The van der Waals surface area contributed by atoms with Crippen molar-refractivity contribution in [3.8, 4) is 5.75 Å². The lowest BCUT2D eigenvalue weighted by molar-refractivity contribution is 0.0901. The van der Waals surface area contributed by atoms with Crippen LogP contribution in [0, 0.1) is 0 Å². The van der Waals surface area contributed by atoms with Crippen LogP contribution < -0.4 is 4.74 Å². The summed E-state index contributed by atoms with van der Waals surface area (Å²) < 4.78 is 6.44. The summed E-state index contributed by atoms with van der Waals surface area (Å²) in [5.74, 6) is 0.663. The summed E-state index contributed by atoms with van der Waals surface area (Å²) in [5, 5.41) is 7.90. The molecule has 5 nitrogen and oxygen atoms in total. The molecule has 3 aromatic rings. The van der Waals surface area contributed by atoms with Gasteiger partial charge in [-0.1, -0.05) is 29.5 Å². The SMILES string of the molecule is COc1ccc(CC(=O)n2nnc3ccccc32)cc1. The first-order valence-electron chi connectivity index (χ1n) is 6.24. The van der Waals surface area contributed by atoms with E-state index >= 15 is 0 Å². The molecule has 0 aliphatic rings. The molecule has 0 N–H and O–H groups in total. The maximum atomic E-state index is 12.3. The third-order valence-corrected chi connectivity index (χ3v) is 3.10. The molecule has 0 aliphatic heterocycles. The molecule has 0 saturated carbocycles. The predicted molar refractivity (Wildman–Crippen MR) is 74.9 cm³/mol. The van der Waals surface area contributed by atoms with Crippen LogP contribution in [0.25, 0.3) is 11.0 Å². The van der Waals surface area contributed by atoms with E-state index in [1.165, 1.54) is 4.68 Å². The highest BCUT2D eigenvalue weighted by Gasteiger charge is 2.12. The van der Waals surface area contributed by atoms with Crippen LogP contribution in [0.5, 0.6) is 5.75 Å². The molecule has 0 unspecified atom stereocenters. The molecule has 0 radical (unpaired) electrons. The number of aromatic nitrogens is 3. The van der Waals surface area contributed by atoms with Gasteiger partial charge < -0.3 is 4.74 Å². The van der Waals surface area contributed by atoms with Gasteiger partial charge in [0.15, 0.2) is 0 Å². The largest absolute Gasteiger partial charge is 0.497 e. The number of carbonyl (C=O) groups excluding carboxylic acids is 1. The third kappa shape index (κ3) is 2.25. The minimum atomic E-state index is -0.108. The summed E-state index contributed by atoms with van der Waals surface area (Å²) in [7, 11) is 1.61. The number of para-hydroxylation sites is 1. The fourth-order valence-electron chi connectivity index (χ4n) is 2.05. The maximum Gasteiger partial charge on any atom is 0.253 e. The minimum absolute atomic E-state index is 0.108. The molecule has 0 saturated heterocycles. The van der Waals surface area contributed by atoms with E-state index < -0.39 is 0 Å². The van der Waals surface area contributed by atoms with Gasteiger partial charge in [-0.15, -0.1) is 5.10 Å². The molecule has 0 atom stereocenters. The molecule has 0 bridgehead atoms. The molecule has 5 heteroatoms. The molecule has 0 fully saturated rings. The Morgan fingerprint density at radius 1 is 1.15 bits per heavy atom. The van der Waals surface area contributed by atoms with Gasteiger partial charge in [-0.05, 0) is 29.8 Å². The van der Waals surface area contributed by atoms with Gasteiger partial charge in [0.05, 0.1) is 19.0 Å². The summed E-state index contributed by atoms with van der Waals surface area (Å²) in [5.41, 5.74) is 2.36. The number of nitrogens with zero attached hydrogens (tertiary/aromatic N) is 3. The van der Waals surface area contributed by atoms with Crippen molar-refractivity contribution in [2.24, 2.45) is 0 Å². The Morgan fingerprint density at radius 2 is 1.90 bits per heavy atom. The number of carbonyl (C=O) groups is 1. The number of benzene rings is 2. The molecule has 100 valence electrons. The van der Waals surface area contributed by atoms with E-state index in [2.05, 4.69) is 10.3 Å². The smallest absolute Gasteiger partial charge is 0.253 e. The average Bonchev–Trinajstić information content (AvgIpc) is 2.92. The normalized spacial score (nSPS) is 10.7. The van der Waals surface area contributed by atoms with Crippen LogP contribution in [-0.4, -0.2) is 28.0 Å². The van der Waals surface area contributed by atoms with E-state index in [1.807, 2.05) is 48.5 Å². The Balaban J connectivity index is 1.85. The highest BCUT2D eigenvalue weighted by molar-refractivity contribution is 5.89. The van der Waals surface area contributed by atoms with Crippen molar-refractivity contribution in [2.75, 3.05) is 7.11 Å². The van der Waals surface area contributed by atoms with Crippen molar-refractivity contribution in [3.63, 3.8) is 0 Å². The van der Waals surface area contributed by atoms with E-state index in [1.54, 1.807) is 7.11 Å². The molecule has 0 aliphatic carbocycles. The van der Waals surface area contributed by atoms with Gasteiger partial charge in [0.1, 0.15) is 11.3 Å². The molecule has 20 heavy (non-hydrogen) atoms. The second-order valence-electron chi connectivity index (χ2n) is 4.41. The Morgan fingerprint density at radius 3 is 2.65 bits per heavy atom. The predicted octanol–water partition coefficient (Wildman–Crippen LogP) is 2.32. The van der Waals surface area contributed by atoms with Crippen LogP contribution in [0.15, 0.2) is 48.5 Å². The fourth-order valence-corrected chi connectivity index (χ4v) is 2.05. The molecule has 3 rings (SSSR count). The highest BCUT2D eigenvalue weighted by Crippen LogP contribution is 2.14. The lowest BCUT2D eigenvalue weighted by Gasteiger charge is -2.03. The van der Waals surface area contributed by atoms with Crippen molar-refractivity contribution >= 4 is 16.9 Å². The zero-order chi connectivity index (χ0) is 13.9. The first-order valence-corrected chi connectivity index (χ1v) is 6.24. The Bertz CT molecular complexity index is 747. The van der Waals surface area contributed by atoms with Gasteiger partial charge >= 0.3 is 0 Å². The number of methoxy groups -OCH3 is 1. The lowest BCUT2D eigenvalue weighted by atomic mass is 10.1. The van der Waals surface area contributed by atoms with Crippen molar-refractivity contribution < 1.29 is 9.53 Å². The molecular formula is C15H13N3O2. The fraction of sp³-hybridized carbons (Fsp3) is 0.133. The van der Waals surface area contributed by atoms with Crippen LogP contribution in [-0.2, 0) is 6.42 Å². The molecular weight excluding hydrogens is 254 g/mol. The first kappa shape index (κ1) is 12.3. The van der Waals surface area contributed by atoms with Gasteiger partial charge in [0.2, 0.25) is 0 Å². The molecule has 1 heterocycles. The number of ether oxygens (including phenoxy) is 1. The van der Waals surface area contributed by atoms with Gasteiger partial charge in [-0.25, -0.2) is 0 Å². The Hall–Kier alpha value is -2.69. The number of hydrogen-bond acceptors (Lipinski definition) is 4. The van der Waals surface area contributed by atoms with E-state index in [4.69, 9.17) is 4.74 Å². The van der Waals surface area contributed by atoms with Crippen LogP contribution >= 0.6 is 0 Å². The van der Waals surface area contributed by atoms with E-state index in [9.17, 15) is 4.79 Å². The molecule has 2 aromatic carbocycles. The number of hydrogen-bond donors (Lipinski definition) is 0. The summed E-state index contributed by atoms with van der Waals surface area (Å²) in [4.78, 5) is 12.3. The first-order chi connectivity index (χ1) is 9.78. The van der Waals surface area contributed by atoms with Gasteiger partial charge in [-0.2, -0.15) is 4.68 Å². The highest BCUT2D eigenvalue weighted by atomic mass is 16.5. The van der Waals surface area contributed by atoms with Crippen LogP contribution in [0.1, 0.15) is 10.4 Å². The summed E-state index contributed by atoms with van der Waals surface area (Å²) >= 11 is 0. The third-order valence-electron chi connectivity index (χ3n) is 3.10.